The number of hydrogen-bond donors (Lipinski definition) is 1. The number of fused-ring (bicyclic) bond motifs is 3. The second-order valence-corrected chi connectivity index (χ2v) is 7.46. The summed E-state index contributed by atoms with van der Waals surface area (Å²) in [6.07, 6.45) is 2.29. The van der Waals surface area contributed by atoms with Gasteiger partial charge < -0.3 is 19.5 Å². The normalized spacial score (nSPS) is 24.2. The molecular formula is C21H24ClNO3. The van der Waals surface area contributed by atoms with E-state index < -0.39 is 0 Å². The molecule has 4 nitrogen and oxygen atoms in total. The molecule has 5 heteroatoms. The van der Waals surface area contributed by atoms with Gasteiger partial charge in [-0.25, -0.2) is 0 Å². The molecule has 3 atom stereocenters. The Morgan fingerprint density at radius 3 is 2.77 bits per heavy atom. The van der Waals surface area contributed by atoms with Crippen LogP contribution in [0.25, 0.3) is 0 Å². The van der Waals surface area contributed by atoms with Crippen LogP contribution in [0, 0.1) is 12.8 Å². The van der Waals surface area contributed by atoms with E-state index in [0.717, 1.165) is 30.7 Å². The fourth-order valence-electron chi connectivity index (χ4n) is 4.24. The highest BCUT2D eigenvalue weighted by atomic mass is 35.5. The maximum absolute atomic E-state index is 6.46. The van der Waals surface area contributed by atoms with Crippen LogP contribution >= 0.6 is 11.6 Å². The van der Waals surface area contributed by atoms with Crippen molar-refractivity contribution >= 4 is 17.3 Å². The fraction of sp³-hybridized carbons (Fsp3) is 0.429. The molecule has 0 aliphatic carbocycles. The number of rotatable bonds is 3. The largest absolute Gasteiger partial charge is 0.493 e. The van der Waals surface area contributed by atoms with E-state index in [1.807, 2.05) is 12.1 Å². The maximum Gasteiger partial charge on any atom is 0.179 e. The molecule has 0 spiro atoms. The summed E-state index contributed by atoms with van der Waals surface area (Å²) in [5, 5.41) is 4.28. The first-order valence-corrected chi connectivity index (χ1v) is 9.40. The third-order valence-corrected chi connectivity index (χ3v) is 5.72. The number of methoxy groups -OCH3 is 2. The van der Waals surface area contributed by atoms with Gasteiger partial charge in [0.25, 0.3) is 0 Å². The van der Waals surface area contributed by atoms with Crippen LogP contribution in [0.5, 0.6) is 11.5 Å². The minimum atomic E-state index is 0.108. The van der Waals surface area contributed by atoms with Gasteiger partial charge in [0, 0.05) is 23.8 Å². The van der Waals surface area contributed by atoms with Gasteiger partial charge in [0.2, 0.25) is 0 Å². The van der Waals surface area contributed by atoms with E-state index in [1.165, 1.54) is 11.1 Å². The second kappa shape index (κ2) is 7.01. The predicted octanol–water partition coefficient (Wildman–Crippen LogP) is 5.30. The van der Waals surface area contributed by atoms with E-state index in [2.05, 4.69) is 30.4 Å². The fourth-order valence-corrected chi connectivity index (χ4v) is 4.53. The maximum atomic E-state index is 6.46. The lowest BCUT2D eigenvalue weighted by atomic mass is 9.77. The molecule has 1 fully saturated rings. The molecule has 2 aromatic rings. The first-order valence-electron chi connectivity index (χ1n) is 9.02. The average Bonchev–Trinajstić information content (AvgIpc) is 2.66. The van der Waals surface area contributed by atoms with E-state index in [4.69, 9.17) is 25.8 Å². The highest BCUT2D eigenvalue weighted by molar-refractivity contribution is 6.32. The number of hydrogen-bond acceptors (Lipinski definition) is 4. The lowest BCUT2D eigenvalue weighted by molar-refractivity contribution is -0.0381. The zero-order valence-electron chi connectivity index (χ0n) is 15.3. The van der Waals surface area contributed by atoms with Crippen molar-refractivity contribution in [2.24, 2.45) is 5.92 Å². The minimum Gasteiger partial charge on any atom is -0.493 e. The minimum absolute atomic E-state index is 0.108. The lowest BCUT2D eigenvalue weighted by Gasteiger charge is -2.43. The molecule has 1 unspecified atom stereocenters. The first-order chi connectivity index (χ1) is 12.6. The third-order valence-electron chi connectivity index (χ3n) is 5.44. The van der Waals surface area contributed by atoms with Crippen LogP contribution in [-0.4, -0.2) is 20.8 Å². The van der Waals surface area contributed by atoms with Gasteiger partial charge in [0.15, 0.2) is 11.5 Å². The average molecular weight is 374 g/mol. The Kier molecular flexibility index (Phi) is 4.72. The van der Waals surface area contributed by atoms with E-state index in [1.54, 1.807) is 14.2 Å². The van der Waals surface area contributed by atoms with E-state index in [0.29, 0.717) is 22.4 Å². The highest BCUT2D eigenvalue weighted by Gasteiger charge is 2.40. The summed E-state index contributed by atoms with van der Waals surface area (Å²) >= 11 is 6.46. The van der Waals surface area contributed by atoms with Crippen molar-refractivity contribution in [3.05, 3.63) is 52.0 Å². The number of benzene rings is 2. The molecule has 0 saturated carbocycles. The summed E-state index contributed by atoms with van der Waals surface area (Å²) < 4.78 is 17.1. The molecule has 26 heavy (non-hydrogen) atoms. The van der Waals surface area contributed by atoms with Crippen LogP contribution in [0.2, 0.25) is 5.02 Å². The van der Waals surface area contributed by atoms with Crippen LogP contribution < -0.4 is 14.8 Å². The Hall–Kier alpha value is -1.91. The second-order valence-electron chi connectivity index (χ2n) is 7.05. The molecule has 138 valence electrons. The van der Waals surface area contributed by atoms with Gasteiger partial charge in [0.05, 0.1) is 31.4 Å². The van der Waals surface area contributed by atoms with Gasteiger partial charge in [-0.2, -0.15) is 0 Å². The molecule has 2 heterocycles. The van der Waals surface area contributed by atoms with Crippen molar-refractivity contribution in [3.63, 3.8) is 0 Å². The lowest BCUT2D eigenvalue weighted by Crippen LogP contribution is -2.36. The molecular weight excluding hydrogens is 350 g/mol. The van der Waals surface area contributed by atoms with Gasteiger partial charge in [0.1, 0.15) is 0 Å². The number of halogens is 1. The SMILES string of the molecule is COc1cc(C2Nc3ccc(C)cc3[C@H]3OCCC[C@@H]23)cc(Cl)c1OC. The molecule has 0 bridgehead atoms. The van der Waals surface area contributed by atoms with Crippen molar-refractivity contribution < 1.29 is 14.2 Å². The van der Waals surface area contributed by atoms with Crippen molar-refractivity contribution in [2.45, 2.75) is 31.9 Å². The summed E-state index contributed by atoms with van der Waals surface area (Å²) in [5.41, 5.74) is 4.75. The van der Waals surface area contributed by atoms with E-state index in [9.17, 15) is 0 Å². The third kappa shape index (κ3) is 2.91. The molecule has 2 aromatic carbocycles. The van der Waals surface area contributed by atoms with Crippen LogP contribution in [0.4, 0.5) is 5.69 Å². The smallest absolute Gasteiger partial charge is 0.179 e. The molecule has 2 aliphatic heterocycles. The van der Waals surface area contributed by atoms with Crippen LogP contribution in [0.1, 0.15) is 41.7 Å². The molecule has 2 aliphatic rings. The van der Waals surface area contributed by atoms with E-state index >= 15 is 0 Å². The molecule has 1 saturated heterocycles. The topological polar surface area (TPSA) is 39.7 Å². The summed E-state index contributed by atoms with van der Waals surface area (Å²) in [7, 11) is 3.24. The molecule has 0 aromatic heterocycles. The number of anilines is 1. The van der Waals surface area contributed by atoms with Crippen LogP contribution in [0.3, 0.4) is 0 Å². The quantitative estimate of drug-likeness (QED) is 0.792. The van der Waals surface area contributed by atoms with Crippen molar-refractivity contribution in [3.8, 4) is 11.5 Å². The van der Waals surface area contributed by atoms with Crippen LogP contribution in [0.15, 0.2) is 30.3 Å². The zero-order chi connectivity index (χ0) is 18.3. The molecule has 0 radical (unpaired) electrons. The molecule has 1 N–H and O–H groups in total. The van der Waals surface area contributed by atoms with Gasteiger partial charge in [-0.1, -0.05) is 29.3 Å². The van der Waals surface area contributed by atoms with Crippen molar-refractivity contribution in [2.75, 3.05) is 26.1 Å². The Labute approximate surface area is 159 Å². The Morgan fingerprint density at radius 1 is 1.15 bits per heavy atom. The van der Waals surface area contributed by atoms with Gasteiger partial charge >= 0.3 is 0 Å². The Morgan fingerprint density at radius 2 is 2.00 bits per heavy atom. The molecule has 0 amide bonds. The summed E-state index contributed by atoms with van der Waals surface area (Å²) in [4.78, 5) is 0. The Balaban J connectivity index is 1.79. The first kappa shape index (κ1) is 17.5. The summed E-state index contributed by atoms with van der Waals surface area (Å²) in [6.45, 7) is 2.94. The van der Waals surface area contributed by atoms with Crippen molar-refractivity contribution in [1.82, 2.24) is 0 Å². The zero-order valence-corrected chi connectivity index (χ0v) is 16.1. The summed E-state index contributed by atoms with van der Waals surface area (Å²) in [5.74, 6) is 1.58. The monoisotopic (exact) mass is 373 g/mol. The number of aryl methyl sites for hydroxylation is 1. The van der Waals surface area contributed by atoms with Crippen molar-refractivity contribution in [1.29, 1.82) is 0 Å². The Bertz CT molecular complexity index is 823. The highest BCUT2D eigenvalue weighted by Crippen LogP contribution is 2.50. The van der Waals surface area contributed by atoms with Gasteiger partial charge in [-0.3, -0.25) is 0 Å². The standard InChI is InChI=1S/C21H24ClNO3/c1-12-6-7-17-15(9-12)20-14(5-4-8-26-20)19(23-17)13-10-16(22)21(25-3)18(11-13)24-2/h6-7,9-11,14,19-20,23H,4-5,8H2,1-3H3/t14-,19?,20-/m0/s1. The van der Waals surface area contributed by atoms with Gasteiger partial charge in [-0.15, -0.1) is 0 Å². The van der Waals surface area contributed by atoms with Crippen LogP contribution in [-0.2, 0) is 4.74 Å². The summed E-state index contributed by atoms with van der Waals surface area (Å²) in [6, 6.07) is 10.6. The van der Waals surface area contributed by atoms with E-state index in [-0.39, 0.29) is 12.1 Å². The number of nitrogens with one attached hydrogen (secondary N) is 1. The molecule has 4 rings (SSSR count). The van der Waals surface area contributed by atoms with Gasteiger partial charge in [-0.05, 0) is 43.5 Å². The number of ether oxygens (including phenoxy) is 3. The predicted molar refractivity (Wildman–Crippen MR) is 104 cm³/mol.